The van der Waals surface area contributed by atoms with E-state index in [4.69, 9.17) is 20.2 Å². The van der Waals surface area contributed by atoms with Crippen molar-refractivity contribution >= 4 is 40.0 Å². The van der Waals surface area contributed by atoms with Gasteiger partial charge in [-0.2, -0.15) is 0 Å². The fourth-order valence-corrected chi connectivity index (χ4v) is 3.96. The summed E-state index contributed by atoms with van der Waals surface area (Å²) in [6, 6.07) is 14.2. The fraction of sp³-hybridized carbons (Fsp3) is 0.308. The van der Waals surface area contributed by atoms with Gasteiger partial charge in [0.2, 0.25) is 0 Å². The maximum atomic E-state index is 12.7. The van der Waals surface area contributed by atoms with Crippen LogP contribution in [0.3, 0.4) is 0 Å². The summed E-state index contributed by atoms with van der Waals surface area (Å²) in [5.74, 6) is -0.790. The first-order chi connectivity index (χ1) is 17.0. The lowest BCUT2D eigenvalue weighted by molar-refractivity contribution is 0.0465. The largest absolute Gasteiger partial charge is 0.462 e. The number of rotatable bonds is 9. The number of nitrogen functional groups attached to an aromatic ring is 1. The van der Waals surface area contributed by atoms with Gasteiger partial charge < -0.3 is 20.1 Å². The summed E-state index contributed by atoms with van der Waals surface area (Å²) in [6.07, 6.45) is 0. The van der Waals surface area contributed by atoms with E-state index in [9.17, 15) is 9.59 Å². The van der Waals surface area contributed by atoms with Gasteiger partial charge >= 0.3 is 11.9 Å². The van der Waals surface area contributed by atoms with Crippen molar-refractivity contribution in [2.75, 3.05) is 38.6 Å². The quantitative estimate of drug-likeness (QED) is 0.364. The lowest BCUT2D eigenvalue weighted by Crippen LogP contribution is -2.27. The highest BCUT2D eigenvalue weighted by atomic mass is 16.5. The summed E-state index contributed by atoms with van der Waals surface area (Å²) in [5.41, 5.74) is 9.77. The van der Waals surface area contributed by atoms with Crippen LogP contribution in [0.15, 0.2) is 48.5 Å². The van der Waals surface area contributed by atoms with Gasteiger partial charge in [-0.05, 0) is 56.4 Å². The van der Waals surface area contributed by atoms with Gasteiger partial charge in [0.05, 0.1) is 23.2 Å². The Labute approximate surface area is 203 Å². The molecular formula is C26H29N5O4. The van der Waals surface area contributed by atoms with E-state index in [1.165, 1.54) is 0 Å². The van der Waals surface area contributed by atoms with Crippen molar-refractivity contribution in [1.29, 1.82) is 0 Å². The second-order valence-electron chi connectivity index (χ2n) is 7.91. The number of benzene rings is 2. The third-order valence-electron chi connectivity index (χ3n) is 5.87. The molecule has 182 valence electrons. The first-order valence-electron chi connectivity index (χ1n) is 11.7. The minimum absolute atomic E-state index is 0.167. The smallest absolute Gasteiger partial charge is 0.344 e. The minimum Gasteiger partial charge on any atom is -0.462 e. The van der Waals surface area contributed by atoms with Gasteiger partial charge in [0, 0.05) is 12.2 Å². The molecule has 35 heavy (non-hydrogen) atoms. The van der Waals surface area contributed by atoms with Crippen LogP contribution < -0.4 is 5.73 Å². The molecule has 2 aromatic carbocycles. The molecule has 0 spiro atoms. The van der Waals surface area contributed by atoms with E-state index in [1.807, 2.05) is 24.3 Å². The number of fused-ring (bicyclic) bond motifs is 2. The Morgan fingerprint density at radius 1 is 0.914 bits per heavy atom. The molecule has 0 unspecified atom stereocenters. The minimum atomic E-state index is -0.563. The molecule has 4 aromatic rings. The van der Waals surface area contributed by atoms with Gasteiger partial charge in [0.15, 0.2) is 5.65 Å². The molecule has 0 amide bonds. The third-order valence-corrected chi connectivity index (χ3v) is 5.87. The van der Waals surface area contributed by atoms with E-state index in [-0.39, 0.29) is 18.0 Å². The highest BCUT2D eigenvalue weighted by molar-refractivity contribution is 6.09. The van der Waals surface area contributed by atoms with E-state index in [1.54, 1.807) is 35.8 Å². The summed E-state index contributed by atoms with van der Waals surface area (Å²) in [5, 5.41) is 0. The molecule has 0 saturated carbocycles. The Bertz CT molecular complexity index is 1360. The summed E-state index contributed by atoms with van der Waals surface area (Å²) in [4.78, 5) is 36.8. The third kappa shape index (κ3) is 4.81. The van der Waals surface area contributed by atoms with Crippen molar-refractivity contribution in [2.45, 2.75) is 20.8 Å². The number of nitrogens with two attached hydrogens (primary N) is 1. The molecule has 2 aromatic heterocycles. The Morgan fingerprint density at radius 3 is 2.20 bits per heavy atom. The van der Waals surface area contributed by atoms with E-state index in [2.05, 4.69) is 23.7 Å². The number of hydrogen-bond acceptors (Lipinski definition) is 8. The van der Waals surface area contributed by atoms with Gasteiger partial charge in [-0.3, -0.25) is 4.57 Å². The molecule has 4 rings (SSSR count). The van der Waals surface area contributed by atoms with Gasteiger partial charge in [-0.1, -0.05) is 26.0 Å². The van der Waals surface area contributed by atoms with Gasteiger partial charge in [0.25, 0.3) is 0 Å². The van der Waals surface area contributed by atoms with Gasteiger partial charge in [0.1, 0.15) is 23.5 Å². The molecule has 0 aliphatic rings. The van der Waals surface area contributed by atoms with Crippen LogP contribution in [0.2, 0.25) is 0 Å². The lowest BCUT2D eigenvalue weighted by atomic mass is 10.2. The number of esters is 2. The molecule has 0 saturated heterocycles. The van der Waals surface area contributed by atoms with Gasteiger partial charge in [-0.15, -0.1) is 0 Å². The number of ether oxygens (including phenoxy) is 2. The van der Waals surface area contributed by atoms with Crippen LogP contribution in [0, 0.1) is 0 Å². The van der Waals surface area contributed by atoms with Crippen LogP contribution in [0.25, 0.3) is 27.9 Å². The fourth-order valence-electron chi connectivity index (χ4n) is 3.96. The SMILES string of the molecule is CCOC(=O)c1c(N)n(-c2ccc(C(=O)OCCN(CC)CC)cc2)c2nc3ccccc3nc12. The second-order valence-corrected chi connectivity index (χ2v) is 7.91. The van der Waals surface area contributed by atoms with E-state index < -0.39 is 11.9 Å². The number of para-hydroxylation sites is 2. The van der Waals surface area contributed by atoms with Crippen molar-refractivity contribution in [2.24, 2.45) is 0 Å². The number of nitrogens with zero attached hydrogens (tertiary/aromatic N) is 4. The standard InChI is InChI=1S/C26H29N5O4/c1-4-30(5-2)15-16-35-25(32)17-11-13-18(14-12-17)31-23(27)21(26(33)34-6-3)22-24(31)29-20-10-8-7-9-19(20)28-22/h7-14H,4-6,15-16,27H2,1-3H3. The van der Waals surface area contributed by atoms with Crippen molar-refractivity contribution in [3.8, 4) is 5.69 Å². The summed E-state index contributed by atoms with van der Waals surface area (Å²) in [7, 11) is 0. The number of aromatic nitrogens is 3. The average molecular weight is 476 g/mol. The molecular weight excluding hydrogens is 446 g/mol. The van der Waals surface area contributed by atoms with Crippen LogP contribution in [-0.2, 0) is 9.47 Å². The number of anilines is 1. The van der Waals surface area contributed by atoms with Crippen LogP contribution in [0.5, 0.6) is 0 Å². The van der Waals surface area contributed by atoms with Crippen LogP contribution >= 0.6 is 0 Å². The molecule has 0 radical (unpaired) electrons. The molecule has 0 bridgehead atoms. The van der Waals surface area contributed by atoms with Crippen molar-refractivity contribution < 1.29 is 19.1 Å². The molecule has 0 aliphatic carbocycles. The van der Waals surface area contributed by atoms with E-state index in [0.717, 1.165) is 13.1 Å². The average Bonchev–Trinajstić information content (AvgIpc) is 3.15. The number of carbonyl (C=O) groups excluding carboxylic acids is 2. The Kier molecular flexibility index (Phi) is 7.26. The first-order valence-corrected chi connectivity index (χ1v) is 11.7. The summed E-state index contributed by atoms with van der Waals surface area (Å²) < 4.78 is 12.3. The first kappa shape index (κ1) is 24.2. The van der Waals surface area contributed by atoms with Crippen molar-refractivity contribution in [1.82, 2.24) is 19.4 Å². The molecule has 0 atom stereocenters. The molecule has 0 aliphatic heterocycles. The Hall–Kier alpha value is -3.98. The maximum absolute atomic E-state index is 12.7. The zero-order valence-corrected chi connectivity index (χ0v) is 20.2. The topological polar surface area (TPSA) is 113 Å². The van der Waals surface area contributed by atoms with Gasteiger partial charge in [-0.25, -0.2) is 19.6 Å². The molecule has 2 heterocycles. The number of likely N-dealkylation sites (N-methyl/N-ethyl adjacent to an activating group) is 1. The van der Waals surface area contributed by atoms with Crippen molar-refractivity contribution in [3.05, 3.63) is 59.7 Å². The summed E-state index contributed by atoms with van der Waals surface area (Å²) >= 11 is 0. The number of hydrogen-bond donors (Lipinski definition) is 1. The monoisotopic (exact) mass is 475 g/mol. The van der Waals surface area contributed by atoms with Crippen molar-refractivity contribution in [3.63, 3.8) is 0 Å². The maximum Gasteiger partial charge on any atom is 0.344 e. The Balaban J connectivity index is 1.70. The van der Waals surface area contributed by atoms with E-state index >= 15 is 0 Å². The molecule has 0 fully saturated rings. The van der Waals surface area contributed by atoms with Crippen LogP contribution in [-0.4, -0.2) is 64.2 Å². The zero-order chi connectivity index (χ0) is 24.9. The van der Waals surface area contributed by atoms with Crippen LogP contribution in [0.1, 0.15) is 41.5 Å². The zero-order valence-electron chi connectivity index (χ0n) is 20.2. The molecule has 2 N–H and O–H groups in total. The normalized spacial score (nSPS) is 11.3. The molecule has 9 nitrogen and oxygen atoms in total. The second kappa shape index (κ2) is 10.5. The summed E-state index contributed by atoms with van der Waals surface area (Å²) in [6.45, 7) is 8.89. The van der Waals surface area contributed by atoms with Crippen LogP contribution in [0.4, 0.5) is 5.82 Å². The van der Waals surface area contributed by atoms with E-state index in [0.29, 0.717) is 46.6 Å². The predicted octanol–water partition coefficient (Wildman–Crippen LogP) is 3.83. The Morgan fingerprint density at radius 2 is 1.57 bits per heavy atom. The lowest BCUT2D eigenvalue weighted by Gasteiger charge is -2.17. The highest BCUT2D eigenvalue weighted by Gasteiger charge is 2.26. The highest BCUT2D eigenvalue weighted by Crippen LogP contribution is 2.31. The molecule has 9 heteroatoms. The number of carbonyl (C=O) groups is 2. The predicted molar refractivity (Wildman–Crippen MR) is 135 cm³/mol.